The van der Waals surface area contributed by atoms with E-state index in [1.54, 1.807) is 0 Å². The van der Waals surface area contributed by atoms with Gasteiger partial charge in [0.15, 0.2) is 0 Å². The van der Waals surface area contributed by atoms with Crippen molar-refractivity contribution in [3.05, 3.63) is 24.3 Å². The normalized spacial score (nSPS) is 26.4. The van der Waals surface area contributed by atoms with Gasteiger partial charge < -0.3 is 9.64 Å². The molecule has 27 heavy (non-hydrogen) atoms. The molecule has 0 radical (unpaired) electrons. The van der Waals surface area contributed by atoms with Gasteiger partial charge in [-0.2, -0.15) is 0 Å². The van der Waals surface area contributed by atoms with Crippen molar-refractivity contribution in [2.24, 2.45) is 11.8 Å². The minimum absolute atomic E-state index is 0.0504. The lowest BCUT2D eigenvalue weighted by Crippen LogP contribution is -2.51. The summed E-state index contributed by atoms with van der Waals surface area (Å²) in [6.45, 7) is 6.51. The summed E-state index contributed by atoms with van der Waals surface area (Å²) in [5, 5.41) is 0. The minimum Gasteiger partial charge on any atom is -0.492 e. The molecule has 2 heterocycles. The van der Waals surface area contributed by atoms with E-state index in [9.17, 15) is 9.59 Å². The molecule has 2 amide bonds. The van der Waals surface area contributed by atoms with Gasteiger partial charge in [-0.1, -0.05) is 25.0 Å². The second kappa shape index (κ2) is 7.89. The zero-order valence-electron chi connectivity index (χ0n) is 16.1. The summed E-state index contributed by atoms with van der Waals surface area (Å²) in [5.74, 6) is 0.946. The van der Waals surface area contributed by atoms with Crippen LogP contribution in [-0.2, 0) is 9.59 Å². The number of carbonyl (C=O) groups excluding carboxylic acids is 2. The van der Waals surface area contributed by atoms with E-state index in [-0.39, 0.29) is 23.7 Å². The molecule has 1 aromatic carbocycles. The van der Waals surface area contributed by atoms with E-state index in [0.29, 0.717) is 13.3 Å². The highest BCUT2D eigenvalue weighted by Crippen LogP contribution is 2.38. The van der Waals surface area contributed by atoms with E-state index in [1.165, 1.54) is 4.90 Å². The van der Waals surface area contributed by atoms with Gasteiger partial charge in [0, 0.05) is 26.2 Å². The summed E-state index contributed by atoms with van der Waals surface area (Å²) in [6, 6.07) is 8.13. The van der Waals surface area contributed by atoms with Gasteiger partial charge in [0.1, 0.15) is 5.75 Å². The molecule has 0 bridgehead atoms. The maximum Gasteiger partial charge on any atom is 0.234 e. The lowest BCUT2D eigenvalue weighted by atomic mass is 9.81. The number of hydrogen-bond acceptors (Lipinski definition) is 5. The number of para-hydroxylation sites is 2. The lowest BCUT2D eigenvalue weighted by molar-refractivity contribution is -0.142. The fraction of sp³-hybridized carbons (Fsp3) is 0.619. The molecule has 1 saturated carbocycles. The number of imide groups is 1. The molecular weight excluding hydrogens is 342 g/mol. The first-order valence-corrected chi connectivity index (χ1v) is 10.2. The molecule has 2 atom stereocenters. The first-order chi connectivity index (χ1) is 13.2. The number of likely N-dealkylation sites (tertiary alicyclic amines) is 1. The topological polar surface area (TPSA) is 53.1 Å². The average molecular weight is 371 g/mol. The van der Waals surface area contributed by atoms with E-state index in [1.807, 2.05) is 25.1 Å². The van der Waals surface area contributed by atoms with E-state index >= 15 is 0 Å². The summed E-state index contributed by atoms with van der Waals surface area (Å²) in [6.07, 6.45) is 3.92. The third kappa shape index (κ3) is 3.55. The van der Waals surface area contributed by atoms with Crippen molar-refractivity contribution in [1.29, 1.82) is 0 Å². The maximum atomic E-state index is 12.7. The SMILES string of the molecule is CCOc1ccccc1N1CCN(CN2C(=O)[C@H]3CCCC[C@H]3C2=O)CC1. The first kappa shape index (κ1) is 18.3. The first-order valence-electron chi connectivity index (χ1n) is 10.2. The monoisotopic (exact) mass is 371 g/mol. The van der Waals surface area contributed by atoms with Gasteiger partial charge in [0.2, 0.25) is 11.8 Å². The highest BCUT2D eigenvalue weighted by Gasteiger charge is 2.48. The Morgan fingerprint density at radius 3 is 2.22 bits per heavy atom. The van der Waals surface area contributed by atoms with Crippen molar-refractivity contribution < 1.29 is 14.3 Å². The highest BCUT2D eigenvalue weighted by molar-refractivity contribution is 6.05. The fourth-order valence-electron chi connectivity index (χ4n) is 4.70. The second-order valence-corrected chi connectivity index (χ2v) is 7.75. The molecule has 0 unspecified atom stereocenters. The van der Waals surface area contributed by atoms with Crippen LogP contribution in [0.15, 0.2) is 24.3 Å². The fourth-order valence-corrected chi connectivity index (χ4v) is 4.70. The van der Waals surface area contributed by atoms with Crippen LogP contribution in [-0.4, -0.2) is 61.1 Å². The molecule has 3 fully saturated rings. The molecule has 1 aliphatic carbocycles. The van der Waals surface area contributed by atoms with Crippen LogP contribution < -0.4 is 9.64 Å². The molecule has 2 saturated heterocycles. The van der Waals surface area contributed by atoms with Crippen molar-refractivity contribution in [3.63, 3.8) is 0 Å². The minimum atomic E-state index is -0.0504. The number of fused-ring (bicyclic) bond motifs is 1. The van der Waals surface area contributed by atoms with E-state index in [0.717, 1.165) is 63.3 Å². The molecule has 0 spiro atoms. The van der Waals surface area contributed by atoms with Crippen molar-refractivity contribution in [2.45, 2.75) is 32.6 Å². The van der Waals surface area contributed by atoms with Gasteiger partial charge in [-0.25, -0.2) is 0 Å². The highest BCUT2D eigenvalue weighted by atomic mass is 16.5. The van der Waals surface area contributed by atoms with Crippen molar-refractivity contribution >= 4 is 17.5 Å². The number of anilines is 1. The molecule has 4 rings (SSSR count). The van der Waals surface area contributed by atoms with Crippen LogP contribution in [0.2, 0.25) is 0 Å². The van der Waals surface area contributed by atoms with Gasteiger partial charge in [-0.05, 0) is 31.9 Å². The Balaban J connectivity index is 1.36. The van der Waals surface area contributed by atoms with Crippen molar-refractivity contribution in [1.82, 2.24) is 9.80 Å². The van der Waals surface area contributed by atoms with Crippen molar-refractivity contribution in [2.75, 3.05) is 44.4 Å². The number of ether oxygens (including phenoxy) is 1. The number of nitrogens with zero attached hydrogens (tertiary/aromatic N) is 3. The van der Waals surface area contributed by atoms with Crippen LogP contribution in [0.5, 0.6) is 5.75 Å². The van der Waals surface area contributed by atoms with Gasteiger partial charge in [0.25, 0.3) is 0 Å². The Morgan fingerprint density at radius 2 is 1.59 bits per heavy atom. The van der Waals surface area contributed by atoms with E-state index in [2.05, 4.69) is 15.9 Å². The molecule has 1 aromatic rings. The quantitative estimate of drug-likeness (QED) is 0.744. The van der Waals surface area contributed by atoms with Gasteiger partial charge >= 0.3 is 0 Å². The van der Waals surface area contributed by atoms with Crippen LogP contribution in [0.1, 0.15) is 32.6 Å². The summed E-state index contributed by atoms with van der Waals surface area (Å²) >= 11 is 0. The number of carbonyl (C=O) groups is 2. The molecule has 0 N–H and O–H groups in total. The second-order valence-electron chi connectivity index (χ2n) is 7.75. The number of piperazine rings is 1. The molecule has 6 nitrogen and oxygen atoms in total. The van der Waals surface area contributed by atoms with Gasteiger partial charge in [-0.15, -0.1) is 0 Å². The Kier molecular flexibility index (Phi) is 5.34. The van der Waals surface area contributed by atoms with Crippen LogP contribution in [0.25, 0.3) is 0 Å². The number of rotatable bonds is 5. The lowest BCUT2D eigenvalue weighted by Gasteiger charge is -2.37. The standard InChI is InChI=1S/C21H29N3O3/c1-2-27-19-10-6-5-9-18(19)23-13-11-22(12-14-23)15-24-20(25)16-7-3-4-8-17(16)21(24)26/h5-6,9-10,16-17H,2-4,7-8,11-15H2,1H3/t16-,17+. The van der Waals surface area contributed by atoms with Crippen molar-refractivity contribution in [3.8, 4) is 5.75 Å². The Morgan fingerprint density at radius 1 is 0.963 bits per heavy atom. The van der Waals surface area contributed by atoms with Crippen LogP contribution in [0.4, 0.5) is 5.69 Å². The summed E-state index contributed by atoms with van der Waals surface area (Å²) in [7, 11) is 0. The van der Waals surface area contributed by atoms with Crippen LogP contribution in [0.3, 0.4) is 0 Å². The number of hydrogen-bond donors (Lipinski definition) is 0. The summed E-state index contributed by atoms with van der Waals surface area (Å²) in [4.78, 5) is 31.4. The van der Waals surface area contributed by atoms with Crippen LogP contribution >= 0.6 is 0 Å². The van der Waals surface area contributed by atoms with E-state index < -0.39 is 0 Å². The van der Waals surface area contributed by atoms with Gasteiger partial charge in [0.05, 0.1) is 30.8 Å². The molecular formula is C21H29N3O3. The maximum absolute atomic E-state index is 12.7. The predicted octanol–water partition coefficient (Wildman–Crippen LogP) is 2.34. The third-order valence-corrected chi connectivity index (χ3v) is 6.15. The molecule has 146 valence electrons. The molecule has 0 aromatic heterocycles. The van der Waals surface area contributed by atoms with E-state index in [4.69, 9.17) is 4.74 Å². The summed E-state index contributed by atoms with van der Waals surface area (Å²) in [5.41, 5.74) is 1.12. The predicted molar refractivity (Wildman–Crippen MR) is 104 cm³/mol. The molecule has 3 aliphatic rings. The average Bonchev–Trinajstić information content (AvgIpc) is 2.95. The molecule has 6 heteroatoms. The Hall–Kier alpha value is -2.08. The van der Waals surface area contributed by atoms with Gasteiger partial charge in [-0.3, -0.25) is 19.4 Å². The smallest absolute Gasteiger partial charge is 0.234 e. The largest absolute Gasteiger partial charge is 0.492 e. The third-order valence-electron chi connectivity index (χ3n) is 6.15. The van der Waals surface area contributed by atoms with Crippen LogP contribution in [0, 0.1) is 11.8 Å². The number of benzene rings is 1. The molecule has 2 aliphatic heterocycles. The Bertz CT molecular complexity index is 676. The Labute approximate surface area is 161 Å². The summed E-state index contributed by atoms with van der Waals surface area (Å²) < 4.78 is 5.75. The number of amides is 2. The zero-order valence-corrected chi connectivity index (χ0v) is 16.1. The zero-order chi connectivity index (χ0) is 18.8.